The van der Waals surface area contributed by atoms with Crippen molar-refractivity contribution in [2.75, 3.05) is 39.4 Å². The zero-order valence-corrected chi connectivity index (χ0v) is 19.9. The van der Waals surface area contributed by atoms with Gasteiger partial charge in [0.15, 0.2) is 11.8 Å². The maximum absolute atomic E-state index is 5.44. The lowest BCUT2D eigenvalue weighted by atomic mass is 10.0. The Morgan fingerprint density at radius 1 is 1.12 bits per heavy atom. The van der Waals surface area contributed by atoms with Crippen molar-refractivity contribution in [2.24, 2.45) is 12.0 Å². The molecule has 1 unspecified atom stereocenters. The van der Waals surface area contributed by atoms with Crippen molar-refractivity contribution in [3.63, 3.8) is 0 Å². The van der Waals surface area contributed by atoms with E-state index in [1.54, 1.807) is 0 Å². The number of hydrogen-bond acceptors (Lipinski definition) is 5. The second-order valence-electron chi connectivity index (χ2n) is 8.59. The molecule has 0 bridgehead atoms. The number of benzene rings is 2. The molecule has 2 aromatic carbocycles. The monoisotopic (exact) mass is 449 g/mol. The van der Waals surface area contributed by atoms with Gasteiger partial charge in [0, 0.05) is 26.7 Å². The van der Waals surface area contributed by atoms with Gasteiger partial charge in [-0.3, -0.25) is 4.90 Å². The number of morpholine rings is 1. The predicted molar refractivity (Wildman–Crippen MR) is 132 cm³/mol. The average Bonchev–Trinajstić information content (AvgIpc) is 3.17. The Balaban J connectivity index is 1.40. The van der Waals surface area contributed by atoms with Crippen LogP contribution in [0, 0.1) is 6.92 Å². The van der Waals surface area contributed by atoms with E-state index in [2.05, 4.69) is 75.1 Å². The van der Waals surface area contributed by atoms with E-state index >= 15 is 0 Å². The van der Waals surface area contributed by atoms with Gasteiger partial charge in [-0.2, -0.15) is 0 Å². The molecule has 1 aliphatic heterocycles. The van der Waals surface area contributed by atoms with Crippen LogP contribution >= 0.6 is 0 Å². The number of nitrogens with zero attached hydrogens (tertiary/aromatic N) is 5. The molecule has 0 saturated carbocycles. The number of fused-ring (bicyclic) bond motifs is 1. The first kappa shape index (κ1) is 23.2. The smallest absolute Gasteiger partial charge is 0.192 e. The third-order valence-corrected chi connectivity index (χ3v) is 6.24. The van der Waals surface area contributed by atoms with Crippen LogP contribution in [0.2, 0.25) is 0 Å². The largest absolute Gasteiger partial charge is 0.379 e. The fourth-order valence-electron chi connectivity index (χ4n) is 3.99. The first-order chi connectivity index (χ1) is 16.1. The lowest BCUT2D eigenvalue weighted by Crippen LogP contribution is -2.41. The van der Waals surface area contributed by atoms with Crippen molar-refractivity contribution in [3.8, 4) is 0 Å². The van der Waals surface area contributed by atoms with Crippen molar-refractivity contribution in [1.29, 1.82) is 0 Å². The Hall–Kier alpha value is -2.97. The second kappa shape index (κ2) is 11.2. The van der Waals surface area contributed by atoms with Crippen molar-refractivity contribution in [2.45, 2.75) is 32.9 Å². The van der Waals surface area contributed by atoms with Crippen molar-refractivity contribution in [3.05, 3.63) is 59.7 Å². The summed E-state index contributed by atoms with van der Waals surface area (Å²) in [5, 5.41) is 18.0. The van der Waals surface area contributed by atoms with Crippen LogP contribution in [-0.4, -0.2) is 65.0 Å². The molecule has 1 aromatic heterocycles. The van der Waals surface area contributed by atoms with Gasteiger partial charge in [0.2, 0.25) is 0 Å². The van der Waals surface area contributed by atoms with Gasteiger partial charge in [-0.25, -0.2) is 4.99 Å². The van der Waals surface area contributed by atoms with Crippen molar-refractivity contribution in [1.82, 2.24) is 30.3 Å². The molecule has 33 heavy (non-hydrogen) atoms. The number of guanidine groups is 1. The molecule has 0 aliphatic carbocycles. The fourth-order valence-corrected chi connectivity index (χ4v) is 3.99. The first-order valence-corrected chi connectivity index (χ1v) is 11.8. The van der Waals surface area contributed by atoms with Crippen LogP contribution in [0.4, 0.5) is 0 Å². The lowest BCUT2D eigenvalue weighted by molar-refractivity contribution is 0.0376. The van der Waals surface area contributed by atoms with Crippen LogP contribution in [0.1, 0.15) is 36.6 Å². The first-order valence-electron chi connectivity index (χ1n) is 11.8. The summed E-state index contributed by atoms with van der Waals surface area (Å²) in [6.07, 6.45) is 1.05. The number of ether oxygens (including phenoxy) is 1. The Labute approximate surface area is 196 Å². The minimum Gasteiger partial charge on any atom is -0.379 e. The molecule has 8 nitrogen and oxygen atoms in total. The highest BCUT2D eigenvalue weighted by Crippen LogP contribution is 2.20. The SMILES string of the molecule is Cc1nnc(CN=C(NCCCN2CCOCC2)NC(C)c2ccc3ccccc3c2)n1C. The summed E-state index contributed by atoms with van der Waals surface area (Å²) in [5.41, 5.74) is 1.23. The van der Waals surface area contributed by atoms with E-state index in [9.17, 15) is 0 Å². The molecule has 1 aliphatic rings. The number of aryl methyl sites for hydroxylation is 1. The molecule has 176 valence electrons. The standard InChI is InChI=1S/C25H35N7O/c1-19(22-10-9-21-7-4-5-8-23(21)17-22)28-25(27-18-24-30-29-20(2)31(24)3)26-11-6-12-32-13-15-33-16-14-32/h4-5,7-10,17,19H,6,11-16,18H2,1-3H3,(H2,26,27,28). The van der Waals surface area contributed by atoms with E-state index in [0.717, 1.165) is 63.4 Å². The molecule has 3 aromatic rings. The van der Waals surface area contributed by atoms with Gasteiger partial charge in [0.05, 0.1) is 19.3 Å². The third kappa shape index (κ3) is 6.30. The van der Waals surface area contributed by atoms with Crippen LogP contribution in [-0.2, 0) is 18.3 Å². The van der Waals surface area contributed by atoms with E-state index in [0.29, 0.717) is 6.54 Å². The highest BCUT2D eigenvalue weighted by atomic mass is 16.5. The van der Waals surface area contributed by atoms with Gasteiger partial charge in [-0.15, -0.1) is 10.2 Å². The average molecular weight is 450 g/mol. The molecular weight excluding hydrogens is 414 g/mol. The quantitative estimate of drug-likeness (QED) is 0.313. The Morgan fingerprint density at radius 2 is 1.91 bits per heavy atom. The van der Waals surface area contributed by atoms with Gasteiger partial charge < -0.3 is 19.9 Å². The van der Waals surface area contributed by atoms with E-state index in [1.807, 2.05) is 18.5 Å². The molecule has 0 radical (unpaired) electrons. The van der Waals surface area contributed by atoms with Crippen LogP contribution in [0.25, 0.3) is 10.8 Å². The van der Waals surface area contributed by atoms with E-state index < -0.39 is 0 Å². The second-order valence-corrected chi connectivity index (χ2v) is 8.59. The zero-order chi connectivity index (χ0) is 23.0. The maximum atomic E-state index is 5.44. The Kier molecular flexibility index (Phi) is 7.91. The number of rotatable bonds is 8. The number of aromatic nitrogens is 3. The van der Waals surface area contributed by atoms with Crippen LogP contribution in [0.5, 0.6) is 0 Å². The summed E-state index contributed by atoms with van der Waals surface area (Å²) in [5.74, 6) is 2.52. The number of nitrogens with one attached hydrogen (secondary N) is 2. The highest BCUT2D eigenvalue weighted by Gasteiger charge is 2.12. The minimum atomic E-state index is 0.112. The predicted octanol–water partition coefficient (Wildman–Crippen LogP) is 2.80. The van der Waals surface area contributed by atoms with E-state index in [-0.39, 0.29) is 6.04 Å². The van der Waals surface area contributed by atoms with Crippen LogP contribution in [0.15, 0.2) is 47.5 Å². The normalized spacial score (nSPS) is 16.2. The Morgan fingerprint density at radius 3 is 2.67 bits per heavy atom. The Bertz CT molecular complexity index is 1070. The molecule has 0 amide bonds. The van der Waals surface area contributed by atoms with Gasteiger partial charge in [0.25, 0.3) is 0 Å². The molecular formula is C25H35N7O. The maximum Gasteiger partial charge on any atom is 0.192 e. The summed E-state index contributed by atoms with van der Waals surface area (Å²) < 4.78 is 7.42. The summed E-state index contributed by atoms with van der Waals surface area (Å²) in [6.45, 7) is 10.2. The lowest BCUT2D eigenvalue weighted by Gasteiger charge is -2.26. The fraction of sp³-hybridized carbons (Fsp3) is 0.480. The van der Waals surface area contributed by atoms with Gasteiger partial charge in [0.1, 0.15) is 12.4 Å². The van der Waals surface area contributed by atoms with Crippen molar-refractivity contribution < 1.29 is 4.74 Å². The third-order valence-electron chi connectivity index (χ3n) is 6.24. The van der Waals surface area contributed by atoms with Gasteiger partial charge >= 0.3 is 0 Å². The number of aliphatic imine (C=N–C) groups is 1. The molecule has 0 spiro atoms. The molecule has 2 N–H and O–H groups in total. The molecule has 1 saturated heterocycles. The van der Waals surface area contributed by atoms with Crippen molar-refractivity contribution >= 4 is 16.7 Å². The van der Waals surface area contributed by atoms with Gasteiger partial charge in [-0.05, 0) is 49.2 Å². The highest BCUT2D eigenvalue weighted by molar-refractivity contribution is 5.84. The number of hydrogen-bond donors (Lipinski definition) is 2. The summed E-state index contributed by atoms with van der Waals surface area (Å²) in [7, 11) is 1.97. The van der Waals surface area contributed by atoms with Crippen LogP contribution in [0.3, 0.4) is 0 Å². The topological polar surface area (TPSA) is 79.6 Å². The molecule has 1 atom stereocenters. The summed E-state index contributed by atoms with van der Waals surface area (Å²) >= 11 is 0. The zero-order valence-electron chi connectivity index (χ0n) is 19.9. The molecule has 8 heteroatoms. The minimum absolute atomic E-state index is 0.112. The molecule has 1 fully saturated rings. The summed E-state index contributed by atoms with van der Waals surface area (Å²) in [4.78, 5) is 7.27. The van der Waals surface area contributed by atoms with Gasteiger partial charge in [-0.1, -0.05) is 36.4 Å². The van der Waals surface area contributed by atoms with Crippen LogP contribution < -0.4 is 10.6 Å². The molecule has 4 rings (SSSR count). The molecule has 2 heterocycles. The van der Waals surface area contributed by atoms with E-state index in [4.69, 9.17) is 9.73 Å². The summed E-state index contributed by atoms with van der Waals surface area (Å²) in [6, 6.07) is 15.2. The van der Waals surface area contributed by atoms with E-state index in [1.165, 1.54) is 16.3 Å².